The topological polar surface area (TPSA) is 63.7 Å². The van der Waals surface area contributed by atoms with Crippen molar-refractivity contribution in [2.45, 2.75) is 19.3 Å². The van der Waals surface area contributed by atoms with Crippen LogP contribution >= 0.6 is 15.9 Å². The number of hydrogen-bond donors (Lipinski definition) is 0. The smallest absolute Gasteiger partial charge is 0.312 e. The highest BCUT2D eigenvalue weighted by atomic mass is 79.9. The molecule has 0 radical (unpaired) electrons. The van der Waals surface area contributed by atoms with E-state index in [2.05, 4.69) is 15.9 Å². The zero-order valence-electron chi connectivity index (χ0n) is 12.4. The molecule has 0 saturated carbocycles. The number of allylic oxidation sites excluding steroid dienone is 2. The minimum absolute atomic E-state index is 0.000409. The zero-order valence-corrected chi connectivity index (χ0v) is 14.0. The number of nitrogens with zero attached hydrogens (tertiary/aromatic N) is 1. The van der Waals surface area contributed by atoms with Gasteiger partial charge in [0.05, 0.1) is 18.3 Å². The van der Waals surface area contributed by atoms with Crippen LogP contribution in [0.2, 0.25) is 0 Å². The fourth-order valence-electron chi connectivity index (χ4n) is 2.98. The van der Waals surface area contributed by atoms with Gasteiger partial charge in [0.1, 0.15) is 5.75 Å². The van der Waals surface area contributed by atoms with E-state index in [9.17, 15) is 14.4 Å². The van der Waals surface area contributed by atoms with Gasteiger partial charge in [-0.2, -0.15) is 0 Å². The van der Waals surface area contributed by atoms with E-state index in [0.717, 1.165) is 4.47 Å². The van der Waals surface area contributed by atoms with E-state index in [0.29, 0.717) is 18.6 Å². The van der Waals surface area contributed by atoms with E-state index >= 15 is 0 Å². The van der Waals surface area contributed by atoms with E-state index in [1.54, 1.807) is 24.3 Å². The molecule has 1 heterocycles. The number of halogens is 1. The first-order valence-corrected chi connectivity index (χ1v) is 8.32. The molecule has 0 aromatic heterocycles. The van der Waals surface area contributed by atoms with Crippen molar-refractivity contribution in [2.24, 2.45) is 11.8 Å². The molecule has 2 aliphatic rings. The standard InChI is InChI=1S/C17H16BrNO4/c18-11-5-7-12(8-6-11)23-15(20)9-10-19-16(21)13-3-1-2-4-14(13)17(19)22/h1-2,5-8,13-14H,3-4,9-10H2/t13-,14-/m1/s1. The lowest BCUT2D eigenvalue weighted by molar-refractivity contribution is -0.141. The van der Waals surface area contributed by atoms with Gasteiger partial charge >= 0.3 is 5.97 Å². The Morgan fingerprint density at radius 2 is 1.65 bits per heavy atom. The van der Waals surface area contributed by atoms with E-state index in [4.69, 9.17) is 4.74 Å². The maximum absolute atomic E-state index is 12.3. The fourth-order valence-corrected chi connectivity index (χ4v) is 3.24. The van der Waals surface area contributed by atoms with Gasteiger partial charge in [-0.1, -0.05) is 28.1 Å². The summed E-state index contributed by atoms with van der Waals surface area (Å²) in [7, 11) is 0. The number of amides is 2. The Labute approximate surface area is 142 Å². The molecule has 1 saturated heterocycles. The van der Waals surface area contributed by atoms with E-state index in [1.807, 2.05) is 12.2 Å². The molecule has 0 unspecified atom stereocenters. The maximum atomic E-state index is 12.3. The first kappa shape index (κ1) is 15.9. The molecule has 0 bridgehead atoms. The van der Waals surface area contributed by atoms with Crippen molar-refractivity contribution >= 4 is 33.7 Å². The summed E-state index contributed by atoms with van der Waals surface area (Å²) in [5.41, 5.74) is 0. The van der Waals surface area contributed by atoms with Gasteiger partial charge in [-0.15, -0.1) is 0 Å². The van der Waals surface area contributed by atoms with E-state index in [1.165, 1.54) is 4.90 Å². The van der Waals surface area contributed by atoms with Crippen LogP contribution in [0.15, 0.2) is 40.9 Å². The van der Waals surface area contributed by atoms with Crippen LogP contribution in [0.25, 0.3) is 0 Å². The van der Waals surface area contributed by atoms with E-state index < -0.39 is 5.97 Å². The second-order valence-corrected chi connectivity index (χ2v) is 6.58. The van der Waals surface area contributed by atoms with Crippen LogP contribution in [0.4, 0.5) is 0 Å². The third-order valence-corrected chi connectivity index (χ3v) is 4.71. The second-order valence-electron chi connectivity index (χ2n) is 5.66. The Morgan fingerprint density at radius 3 is 2.22 bits per heavy atom. The maximum Gasteiger partial charge on any atom is 0.312 e. The molecule has 0 N–H and O–H groups in total. The summed E-state index contributed by atoms with van der Waals surface area (Å²) in [6, 6.07) is 6.89. The number of benzene rings is 1. The van der Waals surface area contributed by atoms with Crippen LogP contribution in [0.1, 0.15) is 19.3 Å². The summed E-state index contributed by atoms with van der Waals surface area (Å²) in [6.45, 7) is 0.0834. The highest BCUT2D eigenvalue weighted by Crippen LogP contribution is 2.35. The minimum Gasteiger partial charge on any atom is -0.426 e. The van der Waals surface area contributed by atoms with Gasteiger partial charge in [0.2, 0.25) is 11.8 Å². The normalized spacial score (nSPS) is 23.1. The van der Waals surface area contributed by atoms with E-state index in [-0.39, 0.29) is 36.6 Å². The Balaban J connectivity index is 1.56. The number of esters is 1. The molecule has 1 fully saturated rings. The lowest BCUT2D eigenvalue weighted by atomic mass is 9.85. The van der Waals surface area contributed by atoms with Gasteiger partial charge in [0.25, 0.3) is 0 Å². The average molecular weight is 378 g/mol. The molecule has 2 amide bonds. The van der Waals surface area contributed by atoms with Crippen molar-refractivity contribution in [3.8, 4) is 5.75 Å². The molecule has 0 spiro atoms. The number of likely N-dealkylation sites (tertiary alicyclic amines) is 1. The summed E-state index contributed by atoms with van der Waals surface area (Å²) in [6.07, 6.45) is 5.10. The van der Waals surface area contributed by atoms with Gasteiger partial charge in [0.15, 0.2) is 0 Å². The molecule has 1 aliphatic carbocycles. The van der Waals surface area contributed by atoms with Gasteiger partial charge in [-0.3, -0.25) is 19.3 Å². The Kier molecular flexibility index (Phi) is 4.61. The van der Waals surface area contributed by atoms with Crippen molar-refractivity contribution in [1.82, 2.24) is 4.90 Å². The molecule has 1 aromatic carbocycles. The number of carbonyl (C=O) groups is 3. The first-order valence-electron chi connectivity index (χ1n) is 7.52. The van der Waals surface area contributed by atoms with Gasteiger partial charge in [-0.25, -0.2) is 0 Å². The summed E-state index contributed by atoms with van der Waals surface area (Å²) in [5, 5.41) is 0. The lowest BCUT2D eigenvalue weighted by Crippen LogP contribution is -2.33. The van der Waals surface area contributed by atoms with Gasteiger partial charge in [-0.05, 0) is 37.1 Å². The van der Waals surface area contributed by atoms with Crippen LogP contribution in [0.3, 0.4) is 0 Å². The van der Waals surface area contributed by atoms with Crippen LogP contribution in [0, 0.1) is 11.8 Å². The number of imide groups is 1. The molecular formula is C17H16BrNO4. The monoisotopic (exact) mass is 377 g/mol. The van der Waals surface area contributed by atoms with Crippen LogP contribution < -0.4 is 4.74 Å². The molecule has 120 valence electrons. The highest BCUT2D eigenvalue weighted by molar-refractivity contribution is 9.10. The molecule has 1 aliphatic heterocycles. The van der Waals surface area contributed by atoms with Crippen LogP contribution in [-0.2, 0) is 14.4 Å². The number of fused-ring (bicyclic) bond motifs is 1. The largest absolute Gasteiger partial charge is 0.426 e. The predicted octanol–water partition coefficient (Wildman–Crippen LogP) is 2.70. The van der Waals surface area contributed by atoms with Crippen LogP contribution in [-0.4, -0.2) is 29.2 Å². The quantitative estimate of drug-likeness (QED) is 0.350. The summed E-state index contributed by atoms with van der Waals surface area (Å²) in [5.74, 6) is -0.859. The molecule has 6 heteroatoms. The van der Waals surface area contributed by atoms with Crippen molar-refractivity contribution < 1.29 is 19.1 Å². The number of carbonyl (C=O) groups excluding carboxylic acids is 3. The SMILES string of the molecule is O=C(CCN1C(=O)[C@@H]2CC=CC[C@H]2C1=O)Oc1ccc(Br)cc1. The molecule has 2 atom stereocenters. The number of hydrogen-bond acceptors (Lipinski definition) is 4. The Hall–Kier alpha value is -1.95. The zero-order chi connectivity index (χ0) is 16.4. The highest BCUT2D eigenvalue weighted by Gasteiger charge is 2.46. The molecule has 23 heavy (non-hydrogen) atoms. The van der Waals surface area contributed by atoms with Crippen molar-refractivity contribution in [3.63, 3.8) is 0 Å². The van der Waals surface area contributed by atoms with Crippen molar-refractivity contribution in [3.05, 3.63) is 40.9 Å². The third-order valence-electron chi connectivity index (χ3n) is 4.18. The Morgan fingerprint density at radius 1 is 1.09 bits per heavy atom. The van der Waals surface area contributed by atoms with Crippen molar-refractivity contribution in [2.75, 3.05) is 6.54 Å². The Bertz CT molecular complexity index is 642. The first-order chi connectivity index (χ1) is 11.1. The minimum atomic E-state index is -0.457. The fraction of sp³-hybridized carbons (Fsp3) is 0.353. The third kappa shape index (κ3) is 3.37. The van der Waals surface area contributed by atoms with Gasteiger partial charge in [0, 0.05) is 11.0 Å². The van der Waals surface area contributed by atoms with Gasteiger partial charge < -0.3 is 4.74 Å². The predicted molar refractivity (Wildman–Crippen MR) is 86.5 cm³/mol. The summed E-state index contributed by atoms with van der Waals surface area (Å²) >= 11 is 3.30. The van der Waals surface area contributed by atoms with Crippen molar-refractivity contribution in [1.29, 1.82) is 0 Å². The number of ether oxygens (including phenoxy) is 1. The average Bonchev–Trinajstić information content (AvgIpc) is 2.80. The molecule has 5 nitrogen and oxygen atoms in total. The molecule has 1 aromatic rings. The number of rotatable bonds is 4. The lowest BCUT2D eigenvalue weighted by Gasteiger charge is -2.14. The summed E-state index contributed by atoms with van der Waals surface area (Å²) < 4.78 is 6.09. The van der Waals surface area contributed by atoms with Crippen LogP contribution in [0.5, 0.6) is 5.75 Å². The summed E-state index contributed by atoms with van der Waals surface area (Å²) in [4.78, 5) is 37.6. The molecule has 3 rings (SSSR count). The second kappa shape index (κ2) is 6.66. The molecular weight excluding hydrogens is 362 g/mol.